The number of aromatic nitrogens is 6. The fourth-order valence-corrected chi connectivity index (χ4v) is 6.04. The molecule has 0 aliphatic rings. The van der Waals surface area contributed by atoms with E-state index in [0.29, 0.717) is 92.2 Å². The maximum atomic E-state index is 10.5. The van der Waals surface area contributed by atoms with Crippen LogP contribution in [0.2, 0.25) is 15.1 Å². The Morgan fingerprint density at radius 1 is 0.571 bits per heavy atom. The maximum absolute atomic E-state index is 10.5. The van der Waals surface area contributed by atoms with Crippen LogP contribution in [0.15, 0.2) is 91.4 Å². The zero-order chi connectivity index (χ0) is 45.7. The molecule has 1 amide bonds. The van der Waals surface area contributed by atoms with Gasteiger partial charge in [0, 0.05) is 71.4 Å². The van der Waals surface area contributed by atoms with Gasteiger partial charge >= 0.3 is 0 Å². The number of likely N-dealkylation sites (N-methyl/N-ethyl adjacent to an activating group) is 1. The number of phenolic OH excluding ortho intramolecular Hbond substituents is 3. The lowest BCUT2D eigenvalue weighted by atomic mass is 10.2. The summed E-state index contributed by atoms with van der Waals surface area (Å²) in [5.41, 5.74) is 7.34. The zero-order valence-electron chi connectivity index (χ0n) is 35.4. The summed E-state index contributed by atoms with van der Waals surface area (Å²) in [7, 11) is 1.94. The van der Waals surface area contributed by atoms with Crippen LogP contribution in [0.1, 0.15) is 40.0 Å². The molecule has 63 heavy (non-hydrogen) atoms. The minimum atomic E-state index is 0.0236. The van der Waals surface area contributed by atoms with Gasteiger partial charge in [-0.3, -0.25) is 4.79 Å². The summed E-state index contributed by atoms with van der Waals surface area (Å²) in [4.78, 5) is 36.1. The van der Waals surface area contributed by atoms with E-state index in [1.54, 1.807) is 73.2 Å². The number of carbonyl (C=O) groups is 1. The molecular weight excluding hydrogens is 867 g/mol. The van der Waals surface area contributed by atoms with Gasteiger partial charge in [0.15, 0.2) is 17.5 Å². The number of anilines is 3. The second-order valence-electron chi connectivity index (χ2n) is 13.9. The number of halogens is 3. The first kappa shape index (κ1) is 49.6. The van der Waals surface area contributed by atoms with Crippen molar-refractivity contribution >= 4 is 58.7 Å². The van der Waals surface area contributed by atoms with E-state index in [0.717, 1.165) is 25.8 Å². The Morgan fingerprint density at radius 2 is 0.937 bits per heavy atom. The van der Waals surface area contributed by atoms with Gasteiger partial charge in [-0.1, -0.05) is 55.6 Å². The second-order valence-corrected chi connectivity index (χ2v) is 15.2. The van der Waals surface area contributed by atoms with Crippen LogP contribution in [-0.2, 0) is 4.79 Å². The number of aromatic hydroxyl groups is 3. The van der Waals surface area contributed by atoms with Gasteiger partial charge in [-0.15, -0.1) is 0 Å². The number of benzene rings is 3. The first-order chi connectivity index (χ1) is 30.4. The van der Waals surface area contributed by atoms with Crippen LogP contribution < -0.4 is 32.3 Å². The quantitative estimate of drug-likeness (QED) is 0.0371. The summed E-state index contributed by atoms with van der Waals surface area (Å²) in [5, 5.41) is 46.7. The highest BCUT2D eigenvalue weighted by molar-refractivity contribution is 6.31. The van der Waals surface area contributed by atoms with Crippen LogP contribution in [0.5, 0.6) is 17.2 Å². The smallest absolute Gasteiger partial charge is 0.207 e. The highest BCUT2D eigenvalue weighted by atomic mass is 35.5. The number of nitrogens with zero attached hydrogens (tertiary/aromatic N) is 6. The Bertz CT molecular complexity index is 2360. The number of nitrogens with two attached hydrogens (primary N) is 1. The summed E-state index contributed by atoms with van der Waals surface area (Å²) in [6, 6.07) is 20.0. The van der Waals surface area contributed by atoms with Gasteiger partial charge in [-0.05, 0) is 99.1 Å². The van der Waals surface area contributed by atoms with Gasteiger partial charge in [0.05, 0.1) is 16.7 Å². The van der Waals surface area contributed by atoms with Crippen molar-refractivity contribution in [2.24, 2.45) is 5.73 Å². The van der Waals surface area contributed by atoms with Crippen LogP contribution in [0.25, 0.3) is 34.2 Å². The maximum Gasteiger partial charge on any atom is 0.207 e. The highest BCUT2D eigenvalue weighted by Gasteiger charge is 2.13. The molecule has 3 atom stereocenters. The van der Waals surface area contributed by atoms with E-state index in [2.05, 4.69) is 63.4 Å². The van der Waals surface area contributed by atoms with Crippen molar-refractivity contribution in [2.45, 2.75) is 58.2 Å². The Hall–Kier alpha value is -6.04. The van der Waals surface area contributed by atoms with Crippen LogP contribution in [-0.4, -0.2) is 96.4 Å². The summed E-state index contributed by atoms with van der Waals surface area (Å²) < 4.78 is 0. The minimum absolute atomic E-state index is 0.0236. The number of hydrogen-bond donors (Lipinski definition) is 9. The number of amides is 1. The molecule has 19 heteroatoms. The molecule has 0 spiro atoms. The molecule has 0 unspecified atom stereocenters. The molecule has 0 radical (unpaired) electrons. The van der Waals surface area contributed by atoms with E-state index >= 15 is 0 Å². The van der Waals surface area contributed by atoms with E-state index in [1.807, 2.05) is 20.9 Å². The van der Waals surface area contributed by atoms with Gasteiger partial charge in [-0.25, -0.2) is 29.9 Å². The zero-order valence-corrected chi connectivity index (χ0v) is 37.6. The molecule has 0 aliphatic heterocycles. The summed E-state index contributed by atoms with van der Waals surface area (Å²) in [6.45, 7) is 8.09. The molecule has 3 aromatic carbocycles. The van der Waals surface area contributed by atoms with Gasteiger partial charge in [0.2, 0.25) is 6.41 Å². The van der Waals surface area contributed by atoms with Crippen molar-refractivity contribution in [2.75, 3.05) is 42.6 Å². The van der Waals surface area contributed by atoms with Gasteiger partial charge in [0.1, 0.15) is 34.7 Å². The van der Waals surface area contributed by atoms with Crippen molar-refractivity contribution in [3.63, 3.8) is 0 Å². The molecule has 6 aromatic rings. The van der Waals surface area contributed by atoms with E-state index in [9.17, 15) is 20.1 Å². The fraction of sp³-hybridized carbons (Fsp3) is 0.295. The van der Waals surface area contributed by atoms with E-state index in [-0.39, 0.29) is 29.3 Å². The van der Waals surface area contributed by atoms with Gasteiger partial charge < -0.3 is 47.6 Å². The Kier molecular flexibility index (Phi) is 20.3. The number of carbonyl (C=O) groups excluding carboxylic acids is 1. The molecule has 6 rings (SSSR count). The van der Waals surface area contributed by atoms with Gasteiger partial charge in [0.25, 0.3) is 0 Å². The Labute approximate surface area is 382 Å². The predicted molar refractivity (Wildman–Crippen MR) is 253 cm³/mol. The Morgan fingerprint density at radius 3 is 1.27 bits per heavy atom. The SMILES string of the molecule is CC[C@@H](N)CNc1ccnc(-c2cc(Cl)ccc2O)n1.CC[C@H](CNc1ccnc(-c2cc(Cl)ccc2O)n1)NC.CC[C@H](CNc1ccnc(-c2cc(Cl)ccc2O)n1)NC=O. The lowest BCUT2D eigenvalue weighted by Crippen LogP contribution is -2.34. The number of nitrogens with one attached hydrogen (secondary N) is 5. The van der Waals surface area contributed by atoms with Crippen molar-refractivity contribution in [3.8, 4) is 51.4 Å². The lowest BCUT2D eigenvalue weighted by molar-refractivity contribution is -0.110. The third-order valence-electron chi connectivity index (χ3n) is 9.39. The average molecular weight is 920 g/mol. The minimum Gasteiger partial charge on any atom is -0.507 e. The topological polar surface area (TPSA) is 241 Å². The number of phenols is 3. The molecule has 3 aromatic heterocycles. The molecule has 0 fully saturated rings. The molecular formula is C44H53Cl3N12O4. The standard InChI is InChI=1S/C15H17ClN4O2.C15H19ClN4O.C14H17ClN4O/c1-2-11(19-9-21)8-18-14-5-6-17-15(20-14)12-7-10(16)3-4-13(12)22;1-3-11(17-2)9-19-14-6-7-18-15(20-14)12-8-10(16)4-5-13(12)21;1-2-10(16)8-18-13-5-6-17-14(19-13)11-7-9(15)3-4-12(11)20/h3-7,9,11,22H,2,8H2,1H3,(H,19,21)(H,17,18,20);4-8,11,17,21H,3,9H2,1-2H3,(H,18,19,20);3-7,10,20H,2,8,16H2,1H3,(H,17,18,19)/t2*11-;10-/m111/s1. The summed E-state index contributed by atoms with van der Waals surface area (Å²) in [5.74, 6) is 3.49. The normalized spacial score (nSPS) is 12.0. The van der Waals surface area contributed by atoms with Crippen LogP contribution in [0, 0.1) is 0 Å². The summed E-state index contributed by atoms with van der Waals surface area (Å²) >= 11 is 17.8. The van der Waals surface area contributed by atoms with Crippen LogP contribution in [0.3, 0.4) is 0 Å². The molecule has 3 heterocycles. The monoisotopic (exact) mass is 918 g/mol. The third-order valence-corrected chi connectivity index (χ3v) is 10.1. The molecule has 10 N–H and O–H groups in total. The van der Waals surface area contributed by atoms with Gasteiger partial charge in [-0.2, -0.15) is 0 Å². The lowest BCUT2D eigenvalue weighted by Gasteiger charge is -2.15. The van der Waals surface area contributed by atoms with Crippen LogP contribution in [0.4, 0.5) is 17.5 Å². The fourth-order valence-electron chi connectivity index (χ4n) is 5.53. The summed E-state index contributed by atoms with van der Waals surface area (Å²) in [6.07, 6.45) is 8.29. The molecule has 334 valence electrons. The van der Waals surface area contributed by atoms with E-state index in [1.165, 1.54) is 18.2 Å². The molecule has 0 bridgehead atoms. The van der Waals surface area contributed by atoms with E-state index in [4.69, 9.17) is 40.5 Å². The predicted octanol–water partition coefficient (Wildman–Crippen LogP) is 8.00. The van der Waals surface area contributed by atoms with Crippen LogP contribution >= 0.6 is 34.8 Å². The largest absolute Gasteiger partial charge is 0.507 e. The van der Waals surface area contributed by atoms with E-state index < -0.39 is 0 Å². The molecule has 0 saturated heterocycles. The first-order valence-electron chi connectivity index (χ1n) is 20.2. The van der Waals surface area contributed by atoms with Crippen molar-refractivity contribution in [1.82, 2.24) is 40.5 Å². The first-order valence-corrected chi connectivity index (χ1v) is 21.3. The molecule has 0 aliphatic carbocycles. The van der Waals surface area contributed by atoms with Crippen molar-refractivity contribution < 1.29 is 20.1 Å². The van der Waals surface area contributed by atoms with Crippen molar-refractivity contribution in [3.05, 3.63) is 106 Å². The highest BCUT2D eigenvalue weighted by Crippen LogP contribution is 2.32. The third kappa shape index (κ3) is 16.0. The average Bonchev–Trinajstić information content (AvgIpc) is 3.30. The number of rotatable bonds is 18. The molecule has 0 saturated carbocycles. The second kappa shape index (κ2) is 25.8. The molecule has 16 nitrogen and oxygen atoms in total. The van der Waals surface area contributed by atoms with Crippen molar-refractivity contribution in [1.29, 1.82) is 0 Å². The Balaban J connectivity index is 0.000000208. The number of hydrogen-bond acceptors (Lipinski definition) is 15.